The zero-order valence-corrected chi connectivity index (χ0v) is 28.6. The molecule has 0 saturated carbocycles. The largest absolute Gasteiger partial charge is 0.497 e. The average Bonchev–Trinajstić information content (AvgIpc) is 3.05. The quantitative estimate of drug-likeness (QED) is 0.144. The number of benzene rings is 3. The first-order chi connectivity index (χ1) is 22.5. The van der Waals surface area contributed by atoms with Crippen LogP contribution in [0.5, 0.6) is 5.75 Å². The Morgan fingerprint density at radius 1 is 0.894 bits per heavy atom. The van der Waals surface area contributed by atoms with Crippen LogP contribution in [0.3, 0.4) is 0 Å². The van der Waals surface area contributed by atoms with Crippen LogP contribution in [-0.2, 0) is 20.7 Å². The third-order valence-electron chi connectivity index (χ3n) is 7.69. The number of nitrogens with zero attached hydrogens (tertiary/aromatic N) is 1. The SMILES string of the molecule is C=Cc1cccc(C(C(=O)Nc2ccc(OC)cc2)N(CCCCCCCC)C(=O)C(Cc2ccccc2)NC(=O)OC(C)(C)C)c1. The van der Waals surface area contributed by atoms with Crippen LogP contribution in [0.15, 0.2) is 85.4 Å². The van der Waals surface area contributed by atoms with Crippen LogP contribution < -0.4 is 15.4 Å². The van der Waals surface area contributed by atoms with Crippen molar-refractivity contribution in [3.8, 4) is 5.75 Å². The number of unbranched alkanes of at least 4 members (excludes halogenated alkanes) is 5. The van der Waals surface area contributed by atoms with Crippen molar-refractivity contribution in [3.63, 3.8) is 0 Å². The Morgan fingerprint density at radius 3 is 2.21 bits per heavy atom. The number of rotatable bonds is 17. The lowest BCUT2D eigenvalue weighted by Crippen LogP contribution is -2.53. The average molecular weight is 642 g/mol. The van der Waals surface area contributed by atoms with E-state index in [2.05, 4.69) is 24.1 Å². The number of ether oxygens (including phenoxy) is 2. The predicted molar refractivity (Wildman–Crippen MR) is 189 cm³/mol. The molecule has 2 atom stereocenters. The molecule has 2 N–H and O–H groups in total. The molecule has 0 bridgehead atoms. The summed E-state index contributed by atoms with van der Waals surface area (Å²) in [6.07, 6.45) is 7.30. The molecule has 3 aromatic rings. The molecule has 0 radical (unpaired) electrons. The highest BCUT2D eigenvalue weighted by Crippen LogP contribution is 2.27. The Labute approximate surface area is 280 Å². The standard InChI is InChI=1S/C39H51N3O5/c1-7-9-10-11-12-16-26-42(37(44)34(28-30-18-14-13-15-19-30)41-38(45)47-39(3,4)5)35(31-21-17-20-29(8-2)27-31)36(43)40-32-22-24-33(46-6)25-23-32/h8,13-15,17-25,27,34-35H,2,7,9-12,16,26,28H2,1,3-6H3,(H,40,43)(H,41,45). The molecule has 47 heavy (non-hydrogen) atoms. The van der Waals surface area contributed by atoms with E-state index in [-0.39, 0.29) is 18.2 Å². The Balaban J connectivity index is 2.06. The van der Waals surface area contributed by atoms with Gasteiger partial charge in [0, 0.05) is 18.7 Å². The summed E-state index contributed by atoms with van der Waals surface area (Å²) >= 11 is 0. The van der Waals surface area contributed by atoms with E-state index in [1.54, 1.807) is 63.1 Å². The zero-order valence-electron chi connectivity index (χ0n) is 28.6. The van der Waals surface area contributed by atoms with Crippen molar-refractivity contribution in [2.24, 2.45) is 0 Å². The van der Waals surface area contributed by atoms with Gasteiger partial charge in [0.2, 0.25) is 5.91 Å². The van der Waals surface area contributed by atoms with Crippen LogP contribution in [0.1, 0.15) is 89.0 Å². The number of anilines is 1. The van der Waals surface area contributed by atoms with E-state index < -0.39 is 23.8 Å². The number of carbonyl (C=O) groups is 3. The van der Waals surface area contributed by atoms with Gasteiger partial charge in [0.05, 0.1) is 7.11 Å². The monoisotopic (exact) mass is 641 g/mol. The van der Waals surface area contributed by atoms with Gasteiger partial charge in [-0.1, -0.05) is 100 Å². The van der Waals surface area contributed by atoms with Crippen LogP contribution in [-0.4, -0.2) is 48.1 Å². The molecule has 0 fully saturated rings. The summed E-state index contributed by atoms with van der Waals surface area (Å²) < 4.78 is 10.9. The van der Waals surface area contributed by atoms with Gasteiger partial charge in [-0.05, 0) is 74.2 Å². The molecule has 0 aliphatic carbocycles. The second-order valence-electron chi connectivity index (χ2n) is 12.7. The van der Waals surface area contributed by atoms with Gasteiger partial charge in [0.25, 0.3) is 5.91 Å². The lowest BCUT2D eigenvalue weighted by atomic mass is 9.98. The molecule has 0 heterocycles. The van der Waals surface area contributed by atoms with Crippen LogP contribution in [0.4, 0.5) is 10.5 Å². The van der Waals surface area contributed by atoms with Crippen LogP contribution in [0, 0.1) is 0 Å². The third-order valence-corrected chi connectivity index (χ3v) is 7.69. The maximum atomic E-state index is 14.8. The van der Waals surface area contributed by atoms with Gasteiger partial charge in [-0.15, -0.1) is 0 Å². The number of carbonyl (C=O) groups excluding carboxylic acids is 3. The number of hydrogen-bond acceptors (Lipinski definition) is 5. The molecule has 0 saturated heterocycles. The summed E-state index contributed by atoms with van der Waals surface area (Å²) in [6, 6.07) is 22.1. The Morgan fingerprint density at radius 2 is 1.57 bits per heavy atom. The smallest absolute Gasteiger partial charge is 0.408 e. The third kappa shape index (κ3) is 12.3. The second kappa shape index (κ2) is 18.5. The number of methoxy groups -OCH3 is 1. The minimum atomic E-state index is -0.987. The minimum absolute atomic E-state index is 0.228. The van der Waals surface area contributed by atoms with Crippen LogP contribution in [0.2, 0.25) is 0 Å². The molecule has 0 aliphatic rings. The number of nitrogens with one attached hydrogen (secondary N) is 2. The van der Waals surface area contributed by atoms with Crippen LogP contribution >= 0.6 is 0 Å². The molecule has 2 unspecified atom stereocenters. The molecule has 3 amide bonds. The first-order valence-corrected chi connectivity index (χ1v) is 16.6. The van der Waals surface area contributed by atoms with E-state index in [4.69, 9.17) is 9.47 Å². The topological polar surface area (TPSA) is 97.0 Å². The molecule has 8 heteroatoms. The number of hydrogen-bond donors (Lipinski definition) is 2. The number of amides is 3. The Kier molecular flexibility index (Phi) is 14.5. The highest BCUT2D eigenvalue weighted by molar-refractivity contribution is 5.99. The van der Waals surface area contributed by atoms with Crippen molar-refractivity contribution < 1.29 is 23.9 Å². The molecule has 3 aromatic carbocycles. The first kappa shape index (κ1) is 36.9. The lowest BCUT2D eigenvalue weighted by Gasteiger charge is -2.35. The van der Waals surface area contributed by atoms with Crippen molar-refractivity contribution in [2.45, 2.75) is 90.3 Å². The van der Waals surface area contributed by atoms with Crippen molar-refractivity contribution in [1.29, 1.82) is 0 Å². The first-order valence-electron chi connectivity index (χ1n) is 16.6. The summed E-state index contributed by atoms with van der Waals surface area (Å²) in [4.78, 5) is 43.8. The summed E-state index contributed by atoms with van der Waals surface area (Å²) in [5.41, 5.74) is 2.15. The van der Waals surface area contributed by atoms with Crippen molar-refractivity contribution in [2.75, 3.05) is 19.0 Å². The van der Waals surface area contributed by atoms with E-state index in [9.17, 15) is 14.4 Å². The molecule has 0 spiro atoms. The summed E-state index contributed by atoms with van der Waals surface area (Å²) in [6.45, 7) is 11.7. The maximum Gasteiger partial charge on any atom is 0.408 e. The van der Waals surface area contributed by atoms with Crippen molar-refractivity contribution in [1.82, 2.24) is 10.2 Å². The molecular formula is C39H51N3O5. The Hall–Kier alpha value is -4.59. The normalized spacial score (nSPS) is 12.4. The molecular weight excluding hydrogens is 590 g/mol. The van der Waals surface area contributed by atoms with E-state index in [0.29, 0.717) is 30.0 Å². The lowest BCUT2D eigenvalue weighted by molar-refractivity contribution is -0.140. The highest BCUT2D eigenvalue weighted by Gasteiger charge is 2.36. The van der Waals surface area contributed by atoms with E-state index in [0.717, 1.165) is 43.2 Å². The fourth-order valence-corrected chi connectivity index (χ4v) is 5.34. The summed E-state index contributed by atoms with van der Waals surface area (Å²) in [7, 11) is 1.58. The van der Waals surface area contributed by atoms with Gasteiger partial charge in [0.15, 0.2) is 0 Å². The fourth-order valence-electron chi connectivity index (χ4n) is 5.34. The van der Waals surface area contributed by atoms with Gasteiger partial charge in [0.1, 0.15) is 23.4 Å². The predicted octanol–water partition coefficient (Wildman–Crippen LogP) is 8.34. The maximum absolute atomic E-state index is 14.8. The molecule has 0 aromatic heterocycles. The van der Waals surface area contributed by atoms with E-state index in [1.807, 2.05) is 54.6 Å². The van der Waals surface area contributed by atoms with Crippen molar-refractivity contribution >= 4 is 29.7 Å². The zero-order chi connectivity index (χ0) is 34.2. The van der Waals surface area contributed by atoms with Crippen molar-refractivity contribution in [3.05, 3.63) is 102 Å². The van der Waals surface area contributed by atoms with Gasteiger partial charge in [-0.3, -0.25) is 9.59 Å². The molecule has 8 nitrogen and oxygen atoms in total. The van der Waals surface area contributed by atoms with Crippen LogP contribution in [0.25, 0.3) is 6.08 Å². The van der Waals surface area contributed by atoms with Gasteiger partial charge >= 0.3 is 6.09 Å². The molecule has 252 valence electrons. The highest BCUT2D eigenvalue weighted by atomic mass is 16.6. The van der Waals surface area contributed by atoms with Gasteiger partial charge in [-0.2, -0.15) is 0 Å². The number of alkyl carbamates (subject to hydrolysis) is 1. The fraction of sp³-hybridized carbons (Fsp3) is 0.410. The second-order valence-corrected chi connectivity index (χ2v) is 12.7. The van der Waals surface area contributed by atoms with Gasteiger partial charge < -0.3 is 25.0 Å². The van der Waals surface area contributed by atoms with E-state index in [1.165, 1.54) is 0 Å². The molecule has 3 rings (SSSR count). The van der Waals surface area contributed by atoms with Gasteiger partial charge in [-0.25, -0.2) is 4.79 Å². The molecule has 0 aliphatic heterocycles. The summed E-state index contributed by atoms with van der Waals surface area (Å²) in [5.74, 6) is -0.0753. The van der Waals surface area contributed by atoms with E-state index >= 15 is 0 Å². The summed E-state index contributed by atoms with van der Waals surface area (Å²) in [5, 5.41) is 5.85. The minimum Gasteiger partial charge on any atom is -0.497 e. The Bertz CT molecular complexity index is 1430.